The Morgan fingerprint density at radius 3 is 2.40 bits per heavy atom. The number of Topliss-reactive ketones (excluding diaryl/α,β-unsaturated/α-hetero) is 1. The molecule has 0 unspecified atom stereocenters. The van der Waals surface area contributed by atoms with Crippen LogP contribution in [0.15, 0.2) is 30.0 Å². The van der Waals surface area contributed by atoms with Crippen molar-refractivity contribution in [1.82, 2.24) is 0 Å². The average Bonchev–Trinajstić information content (AvgIpc) is 2.42. The molecule has 0 radical (unpaired) electrons. The standard InChI is InChI=1S/C16H21NO3/c1-3-4-5-6-7-16(18)15(17(19)20)12-14-10-8-13(2)9-11-14/h8-12H,3-7H2,1-2H3/b15-12-. The number of hydrogen-bond acceptors (Lipinski definition) is 3. The van der Waals surface area contributed by atoms with Crippen molar-refractivity contribution in [2.24, 2.45) is 0 Å². The highest BCUT2D eigenvalue weighted by molar-refractivity contribution is 5.97. The summed E-state index contributed by atoms with van der Waals surface area (Å²) in [5.41, 5.74) is 1.45. The van der Waals surface area contributed by atoms with Crippen LogP contribution in [-0.4, -0.2) is 10.7 Å². The second kappa shape index (κ2) is 8.25. The number of ketones is 1. The number of unbranched alkanes of at least 4 members (excludes halogenated alkanes) is 3. The zero-order valence-corrected chi connectivity index (χ0v) is 12.1. The van der Waals surface area contributed by atoms with Gasteiger partial charge in [-0.1, -0.05) is 56.0 Å². The second-order valence-corrected chi connectivity index (χ2v) is 4.93. The summed E-state index contributed by atoms with van der Waals surface area (Å²) < 4.78 is 0. The van der Waals surface area contributed by atoms with E-state index in [9.17, 15) is 14.9 Å². The van der Waals surface area contributed by atoms with E-state index in [4.69, 9.17) is 0 Å². The van der Waals surface area contributed by atoms with Gasteiger partial charge in [-0.3, -0.25) is 14.9 Å². The molecule has 0 saturated carbocycles. The third kappa shape index (κ3) is 5.34. The number of rotatable bonds is 8. The number of hydrogen-bond donors (Lipinski definition) is 0. The predicted octanol–water partition coefficient (Wildman–Crippen LogP) is 4.15. The molecule has 0 spiro atoms. The minimum Gasteiger partial charge on any atom is -0.287 e. The SMILES string of the molecule is CCCCCCC(=O)/C(=C/c1ccc(C)cc1)[N+](=O)[O-]. The molecule has 0 aliphatic carbocycles. The second-order valence-electron chi connectivity index (χ2n) is 4.93. The highest BCUT2D eigenvalue weighted by Gasteiger charge is 2.20. The molecule has 0 aliphatic heterocycles. The van der Waals surface area contributed by atoms with Crippen LogP contribution < -0.4 is 0 Å². The summed E-state index contributed by atoms with van der Waals surface area (Å²) in [4.78, 5) is 22.3. The molecule has 4 nitrogen and oxygen atoms in total. The van der Waals surface area contributed by atoms with Crippen molar-refractivity contribution in [3.05, 3.63) is 51.2 Å². The van der Waals surface area contributed by atoms with Gasteiger partial charge in [0.25, 0.3) is 0 Å². The predicted molar refractivity (Wildman–Crippen MR) is 79.9 cm³/mol. The first kappa shape index (κ1) is 16.1. The summed E-state index contributed by atoms with van der Waals surface area (Å²) in [6.07, 6.45) is 5.40. The summed E-state index contributed by atoms with van der Waals surface area (Å²) in [5.74, 6) is -0.383. The van der Waals surface area contributed by atoms with Crippen LogP contribution >= 0.6 is 0 Å². The van der Waals surface area contributed by atoms with Crippen molar-refractivity contribution in [2.75, 3.05) is 0 Å². The molecule has 20 heavy (non-hydrogen) atoms. The molecule has 0 fully saturated rings. The Balaban J connectivity index is 2.75. The van der Waals surface area contributed by atoms with Crippen LogP contribution in [0.2, 0.25) is 0 Å². The molecular formula is C16H21NO3. The largest absolute Gasteiger partial charge is 0.312 e. The first-order valence-electron chi connectivity index (χ1n) is 7.00. The highest BCUT2D eigenvalue weighted by Crippen LogP contribution is 2.13. The molecule has 0 heterocycles. The monoisotopic (exact) mass is 275 g/mol. The minimum atomic E-state index is -0.581. The number of aryl methyl sites for hydroxylation is 1. The number of benzene rings is 1. The van der Waals surface area contributed by atoms with Crippen molar-refractivity contribution in [1.29, 1.82) is 0 Å². The average molecular weight is 275 g/mol. The third-order valence-corrected chi connectivity index (χ3v) is 3.12. The Morgan fingerprint density at radius 2 is 1.85 bits per heavy atom. The zero-order chi connectivity index (χ0) is 15.0. The van der Waals surface area contributed by atoms with Crippen LogP contribution in [0.1, 0.15) is 50.2 Å². The van der Waals surface area contributed by atoms with Crippen LogP contribution in [-0.2, 0) is 4.79 Å². The lowest BCUT2D eigenvalue weighted by Crippen LogP contribution is -2.11. The Morgan fingerprint density at radius 1 is 1.20 bits per heavy atom. The zero-order valence-electron chi connectivity index (χ0n) is 12.1. The maximum Gasteiger partial charge on any atom is 0.312 e. The molecule has 0 bridgehead atoms. The van der Waals surface area contributed by atoms with Crippen LogP contribution in [0, 0.1) is 17.0 Å². The maximum absolute atomic E-state index is 11.9. The van der Waals surface area contributed by atoms with Crippen molar-refractivity contribution in [2.45, 2.75) is 46.0 Å². The first-order valence-corrected chi connectivity index (χ1v) is 7.00. The van der Waals surface area contributed by atoms with E-state index in [0.29, 0.717) is 12.0 Å². The van der Waals surface area contributed by atoms with E-state index in [1.807, 2.05) is 19.1 Å². The number of carbonyl (C=O) groups is 1. The van der Waals surface area contributed by atoms with Crippen LogP contribution in [0.4, 0.5) is 0 Å². The van der Waals surface area contributed by atoms with E-state index in [1.165, 1.54) is 6.08 Å². The van der Waals surface area contributed by atoms with Gasteiger partial charge in [0.1, 0.15) is 0 Å². The van der Waals surface area contributed by atoms with Crippen molar-refractivity contribution >= 4 is 11.9 Å². The molecule has 1 rings (SSSR count). The van der Waals surface area contributed by atoms with Gasteiger partial charge in [-0.25, -0.2) is 0 Å². The molecule has 0 aliphatic rings. The fourth-order valence-corrected chi connectivity index (χ4v) is 1.90. The molecule has 108 valence electrons. The topological polar surface area (TPSA) is 60.2 Å². The van der Waals surface area contributed by atoms with E-state index in [2.05, 4.69) is 6.92 Å². The Labute approximate surface area is 119 Å². The number of allylic oxidation sites excluding steroid dienone is 1. The van der Waals surface area contributed by atoms with Gasteiger partial charge in [-0.15, -0.1) is 0 Å². The summed E-state index contributed by atoms with van der Waals surface area (Å²) in [6, 6.07) is 7.30. The van der Waals surface area contributed by atoms with Crippen molar-refractivity contribution in [3.63, 3.8) is 0 Å². The van der Waals surface area contributed by atoms with E-state index < -0.39 is 4.92 Å². The molecular weight excluding hydrogens is 254 g/mol. The number of nitrogens with zero attached hydrogens (tertiary/aromatic N) is 1. The normalized spacial score (nSPS) is 11.4. The Kier molecular flexibility index (Phi) is 6.64. The number of carbonyl (C=O) groups excluding carboxylic acids is 1. The van der Waals surface area contributed by atoms with Gasteiger partial charge in [0, 0.05) is 12.5 Å². The third-order valence-electron chi connectivity index (χ3n) is 3.12. The van der Waals surface area contributed by atoms with E-state index in [1.54, 1.807) is 12.1 Å². The van der Waals surface area contributed by atoms with Gasteiger partial charge in [0.05, 0.1) is 4.92 Å². The lowest BCUT2D eigenvalue weighted by atomic mass is 10.1. The van der Waals surface area contributed by atoms with Gasteiger partial charge in [-0.2, -0.15) is 0 Å². The molecule has 4 heteroatoms. The summed E-state index contributed by atoms with van der Waals surface area (Å²) in [6.45, 7) is 4.03. The smallest absolute Gasteiger partial charge is 0.287 e. The summed E-state index contributed by atoms with van der Waals surface area (Å²) in [5, 5.41) is 11.0. The highest BCUT2D eigenvalue weighted by atomic mass is 16.6. The Bertz CT molecular complexity index is 489. The quantitative estimate of drug-likeness (QED) is 0.310. The fraction of sp³-hybridized carbons (Fsp3) is 0.438. The van der Waals surface area contributed by atoms with Gasteiger partial charge < -0.3 is 0 Å². The van der Waals surface area contributed by atoms with Gasteiger partial charge in [-0.05, 0) is 18.9 Å². The summed E-state index contributed by atoms with van der Waals surface area (Å²) in [7, 11) is 0. The lowest BCUT2D eigenvalue weighted by molar-refractivity contribution is -0.417. The lowest BCUT2D eigenvalue weighted by Gasteiger charge is -2.00. The Hall–Kier alpha value is -1.97. The van der Waals surface area contributed by atoms with E-state index in [0.717, 1.165) is 24.8 Å². The van der Waals surface area contributed by atoms with E-state index >= 15 is 0 Å². The van der Waals surface area contributed by atoms with Crippen molar-refractivity contribution in [3.8, 4) is 0 Å². The molecule has 0 aromatic heterocycles. The van der Waals surface area contributed by atoms with Crippen LogP contribution in [0.25, 0.3) is 6.08 Å². The van der Waals surface area contributed by atoms with Crippen LogP contribution in [0.3, 0.4) is 0 Å². The summed E-state index contributed by atoms with van der Waals surface area (Å²) >= 11 is 0. The maximum atomic E-state index is 11.9. The molecule has 0 N–H and O–H groups in total. The molecule has 0 amide bonds. The number of nitro groups is 1. The van der Waals surface area contributed by atoms with E-state index in [-0.39, 0.29) is 17.9 Å². The molecule has 0 atom stereocenters. The molecule has 1 aromatic rings. The van der Waals surface area contributed by atoms with Crippen molar-refractivity contribution < 1.29 is 9.72 Å². The molecule has 0 saturated heterocycles. The van der Waals surface area contributed by atoms with Gasteiger partial charge in [0.2, 0.25) is 5.78 Å². The van der Waals surface area contributed by atoms with Crippen LogP contribution in [0.5, 0.6) is 0 Å². The van der Waals surface area contributed by atoms with Gasteiger partial charge in [0.15, 0.2) is 0 Å². The molecule has 1 aromatic carbocycles. The first-order chi connectivity index (χ1) is 9.54. The fourth-order valence-electron chi connectivity index (χ4n) is 1.90. The minimum absolute atomic E-state index is 0.249. The van der Waals surface area contributed by atoms with Gasteiger partial charge >= 0.3 is 5.70 Å².